The van der Waals surface area contributed by atoms with Crippen LogP contribution in [0.3, 0.4) is 0 Å². The van der Waals surface area contributed by atoms with Crippen molar-refractivity contribution in [2.24, 2.45) is 0 Å². The average molecular weight is 457 g/mol. The van der Waals surface area contributed by atoms with Crippen LogP contribution in [0.15, 0.2) is 58.5 Å². The van der Waals surface area contributed by atoms with Gasteiger partial charge in [0.25, 0.3) is 17.3 Å². The first-order valence-corrected chi connectivity index (χ1v) is 8.98. The van der Waals surface area contributed by atoms with E-state index in [-0.39, 0.29) is 22.2 Å². The molecule has 3 rings (SSSR count). The minimum atomic E-state index is -1.02. The van der Waals surface area contributed by atoms with Crippen LogP contribution in [0.1, 0.15) is 5.76 Å². The summed E-state index contributed by atoms with van der Waals surface area (Å²) in [5.74, 6) is -1.65. The summed E-state index contributed by atoms with van der Waals surface area (Å²) in [6, 6.07) is 10.9. The Labute approximate surface area is 183 Å². The molecular formula is C20H10ClFN4O6. The van der Waals surface area contributed by atoms with E-state index in [4.69, 9.17) is 16.0 Å². The van der Waals surface area contributed by atoms with Crippen LogP contribution < -0.4 is 5.32 Å². The predicted molar refractivity (Wildman–Crippen MR) is 111 cm³/mol. The maximum Gasteiger partial charge on any atom is 0.271 e. The lowest BCUT2D eigenvalue weighted by Crippen LogP contribution is -2.14. The van der Waals surface area contributed by atoms with Crippen molar-refractivity contribution in [1.29, 1.82) is 5.26 Å². The maximum absolute atomic E-state index is 13.9. The number of hydrogen-bond donors (Lipinski definition) is 1. The SMILES string of the molecule is N#CC(=Cc1ccc(-c2ccc([N+](=O)[O-])cc2Cl)o1)C(=O)Nc1cc([N+](=O)[O-])ccc1F. The van der Waals surface area contributed by atoms with Crippen molar-refractivity contribution in [2.45, 2.75) is 0 Å². The van der Waals surface area contributed by atoms with Crippen LogP contribution in [0.2, 0.25) is 5.02 Å². The molecule has 0 atom stereocenters. The van der Waals surface area contributed by atoms with Crippen molar-refractivity contribution in [3.8, 4) is 17.4 Å². The van der Waals surface area contributed by atoms with E-state index in [2.05, 4.69) is 5.32 Å². The van der Waals surface area contributed by atoms with Gasteiger partial charge in [0.15, 0.2) is 0 Å². The molecule has 160 valence electrons. The number of hydrogen-bond acceptors (Lipinski definition) is 7. The summed E-state index contributed by atoms with van der Waals surface area (Å²) < 4.78 is 19.4. The molecule has 0 aliphatic heterocycles. The van der Waals surface area contributed by atoms with Gasteiger partial charge in [-0.2, -0.15) is 5.26 Å². The number of amides is 1. The number of nitrogens with one attached hydrogen (secondary N) is 1. The van der Waals surface area contributed by atoms with Gasteiger partial charge in [0.05, 0.1) is 20.6 Å². The molecule has 0 spiro atoms. The van der Waals surface area contributed by atoms with E-state index in [0.29, 0.717) is 5.56 Å². The summed E-state index contributed by atoms with van der Waals surface area (Å²) in [5.41, 5.74) is -1.24. The molecule has 1 heterocycles. The Kier molecular flexibility index (Phi) is 6.27. The molecule has 2 aromatic carbocycles. The molecule has 1 N–H and O–H groups in total. The summed E-state index contributed by atoms with van der Waals surface area (Å²) in [7, 11) is 0. The Balaban J connectivity index is 1.85. The Hall–Kier alpha value is -4.56. The van der Waals surface area contributed by atoms with Gasteiger partial charge in [0.2, 0.25) is 0 Å². The van der Waals surface area contributed by atoms with E-state index < -0.39 is 38.5 Å². The predicted octanol–water partition coefficient (Wildman–Crippen LogP) is 5.10. The molecule has 0 unspecified atom stereocenters. The Morgan fingerprint density at radius 1 is 1.09 bits per heavy atom. The number of furan rings is 1. The molecule has 0 radical (unpaired) electrons. The highest BCUT2D eigenvalue weighted by molar-refractivity contribution is 6.33. The molecule has 0 saturated heterocycles. The highest BCUT2D eigenvalue weighted by Gasteiger charge is 2.17. The molecule has 1 amide bonds. The number of rotatable bonds is 6. The van der Waals surface area contributed by atoms with Gasteiger partial charge in [-0.25, -0.2) is 4.39 Å². The number of non-ortho nitro benzene ring substituents is 2. The number of nitrogens with zero attached hydrogens (tertiary/aromatic N) is 3. The molecule has 0 aliphatic rings. The number of anilines is 1. The van der Waals surface area contributed by atoms with E-state index >= 15 is 0 Å². The second-order valence-corrected chi connectivity index (χ2v) is 6.58. The van der Waals surface area contributed by atoms with E-state index in [0.717, 1.165) is 30.3 Å². The zero-order valence-electron chi connectivity index (χ0n) is 15.7. The van der Waals surface area contributed by atoms with Crippen LogP contribution in [0.25, 0.3) is 17.4 Å². The van der Waals surface area contributed by atoms with Crippen molar-refractivity contribution >= 4 is 40.6 Å². The number of nitriles is 1. The zero-order chi connectivity index (χ0) is 23.4. The lowest BCUT2D eigenvalue weighted by atomic mass is 10.1. The monoisotopic (exact) mass is 456 g/mol. The fourth-order valence-corrected chi connectivity index (χ4v) is 2.86. The second kappa shape index (κ2) is 9.07. The summed E-state index contributed by atoms with van der Waals surface area (Å²) in [4.78, 5) is 32.6. The van der Waals surface area contributed by atoms with Gasteiger partial charge in [-0.3, -0.25) is 25.0 Å². The standard InChI is InChI=1S/C20H10ClFN4O6/c21-16-8-12(25(28)29)1-4-15(16)19-6-3-14(32-19)7-11(10-23)20(27)24-18-9-13(26(30)31)2-5-17(18)22/h1-9H,(H,24,27). The lowest BCUT2D eigenvalue weighted by molar-refractivity contribution is -0.385. The summed E-state index contributed by atoms with van der Waals surface area (Å²) in [6.45, 7) is 0. The molecule has 10 nitrogen and oxygen atoms in total. The molecule has 12 heteroatoms. The largest absolute Gasteiger partial charge is 0.457 e. The summed E-state index contributed by atoms with van der Waals surface area (Å²) in [6.07, 6.45) is 1.08. The van der Waals surface area contributed by atoms with Crippen LogP contribution in [-0.4, -0.2) is 15.8 Å². The molecule has 32 heavy (non-hydrogen) atoms. The maximum atomic E-state index is 13.9. The number of benzene rings is 2. The van der Waals surface area contributed by atoms with Crippen LogP contribution in [0, 0.1) is 37.4 Å². The summed E-state index contributed by atoms with van der Waals surface area (Å²) in [5, 5.41) is 33.1. The smallest absolute Gasteiger partial charge is 0.271 e. The van der Waals surface area contributed by atoms with Crippen molar-refractivity contribution < 1.29 is 23.4 Å². The first kappa shape index (κ1) is 22.1. The normalized spacial score (nSPS) is 11.0. The van der Waals surface area contributed by atoms with Gasteiger partial charge in [-0.05, 0) is 24.3 Å². The number of carbonyl (C=O) groups is 1. The van der Waals surface area contributed by atoms with E-state index in [1.807, 2.05) is 0 Å². The van der Waals surface area contributed by atoms with Gasteiger partial charge >= 0.3 is 0 Å². The summed E-state index contributed by atoms with van der Waals surface area (Å²) >= 11 is 6.06. The number of halogens is 2. The number of carbonyl (C=O) groups excluding carboxylic acids is 1. The highest BCUT2D eigenvalue weighted by Crippen LogP contribution is 2.32. The molecule has 3 aromatic rings. The lowest BCUT2D eigenvalue weighted by Gasteiger charge is -2.05. The fraction of sp³-hybridized carbons (Fsp3) is 0. The molecule has 0 fully saturated rings. The van der Waals surface area contributed by atoms with Crippen molar-refractivity contribution in [3.05, 3.63) is 90.9 Å². The highest BCUT2D eigenvalue weighted by atomic mass is 35.5. The quantitative estimate of drug-likeness (QED) is 0.234. The van der Waals surface area contributed by atoms with Crippen LogP contribution in [0.5, 0.6) is 0 Å². The van der Waals surface area contributed by atoms with Crippen LogP contribution in [-0.2, 0) is 4.79 Å². The minimum absolute atomic E-state index is 0.0588. The third-order valence-electron chi connectivity index (χ3n) is 4.12. The molecule has 0 bridgehead atoms. The Bertz CT molecular complexity index is 1330. The van der Waals surface area contributed by atoms with Crippen molar-refractivity contribution in [3.63, 3.8) is 0 Å². The Morgan fingerprint density at radius 3 is 2.38 bits per heavy atom. The third kappa shape index (κ3) is 4.77. The van der Waals surface area contributed by atoms with E-state index in [1.165, 1.54) is 24.3 Å². The fourth-order valence-electron chi connectivity index (χ4n) is 2.60. The van der Waals surface area contributed by atoms with Gasteiger partial charge < -0.3 is 9.73 Å². The second-order valence-electron chi connectivity index (χ2n) is 6.17. The van der Waals surface area contributed by atoms with Crippen molar-refractivity contribution in [2.75, 3.05) is 5.32 Å². The Morgan fingerprint density at radius 2 is 1.75 bits per heavy atom. The molecule has 0 saturated carbocycles. The molecule has 0 aliphatic carbocycles. The van der Waals surface area contributed by atoms with E-state index in [9.17, 15) is 34.7 Å². The first-order valence-electron chi connectivity index (χ1n) is 8.61. The van der Waals surface area contributed by atoms with Gasteiger partial charge in [-0.1, -0.05) is 11.6 Å². The minimum Gasteiger partial charge on any atom is -0.457 e. The van der Waals surface area contributed by atoms with E-state index in [1.54, 1.807) is 6.07 Å². The van der Waals surface area contributed by atoms with Crippen molar-refractivity contribution in [1.82, 2.24) is 0 Å². The zero-order valence-corrected chi connectivity index (χ0v) is 16.5. The van der Waals surface area contributed by atoms with Gasteiger partial charge in [-0.15, -0.1) is 0 Å². The van der Waals surface area contributed by atoms with Crippen LogP contribution >= 0.6 is 11.6 Å². The van der Waals surface area contributed by atoms with Gasteiger partial charge in [0.1, 0.15) is 29.0 Å². The average Bonchev–Trinajstić information content (AvgIpc) is 3.21. The van der Waals surface area contributed by atoms with Crippen LogP contribution in [0.4, 0.5) is 21.5 Å². The molecule has 1 aromatic heterocycles. The first-order chi connectivity index (χ1) is 15.2. The number of nitro benzene ring substituents is 2. The number of nitro groups is 2. The molecular weight excluding hydrogens is 447 g/mol. The van der Waals surface area contributed by atoms with Gasteiger partial charge in [0, 0.05) is 35.9 Å². The topological polar surface area (TPSA) is 152 Å². The third-order valence-corrected chi connectivity index (χ3v) is 4.43.